The third-order valence-corrected chi connectivity index (χ3v) is 3.29. The molecule has 0 saturated heterocycles. The van der Waals surface area contributed by atoms with Crippen LogP contribution in [0.1, 0.15) is 12.8 Å². The Balaban J connectivity index is 1.87. The first-order valence-electron chi connectivity index (χ1n) is 6.71. The molecule has 0 fully saturated rings. The highest BCUT2D eigenvalue weighted by Crippen LogP contribution is 2.21. The summed E-state index contributed by atoms with van der Waals surface area (Å²) >= 11 is 0. The second-order valence-electron chi connectivity index (χ2n) is 4.68. The molecule has 4 heteroatoms. The van der Waals surface area contributed by atoms with Crippen LogP contribution in [0.5, 0.6) is 0 Å². The van der Waals surface area contributed by atoms with Gasteiger partial charge in [0.25, 0.3) is 0 Å². The van der Waals surface area contributed by atoms with Crippen LogP contribution in [0.25, 0.3) is 11.1 Å². The minimum absolute atomic E-state index is 0.648. The molecule has 0 spiro atoms. The van der Waals surface area contributed by atoms with Crippen LogP contribution in [-0.2, 0) is 6.54 Å². The molecule has 0 saturated carbocycles. The number of oxazole rings is 1. The lowest BCUT2D eigenvalue weighted by molar-refractivity contribution is 0.522. The van der Waals surface area contributed by atoms with Crippen LogP contribution < -0.4 is 10.6 Å². The number of rotatable bonds is 4. The van der Waals surface area contributed by atoms with Crippen LogP contribution in [0.2, 0.25) is 0 Å². The molecule has 0 bridgehead atoms. The van der Waals surface area contributed by atoms with Crippen molar-refractivity contribution in [3.05, 3.63) is 54.4 Å². The molecular formula is C16H17N3O. The maximum Gasteiger partial charge on any atom is 0.215 e. The molecule has 1 aromatic heterocycles. The van der Waals surface area contributed by atoms with E-state index < -0.39 is 0 Å². The van der Waals surface area contributed by atoms with Crippen molar-refractivity contribution in [3.63, 3.8) is 0 Å². The highest BCUT2D eigenvalue weighted by molar-refractivity contribution is 5.76. The number of anilines is 2. The molecule has 0 aliphatic heterocycles. The number of para-hydroxylation sites is 1. The third-order valence-electron chi connectivity index (χ3n) is 3.29. The highest BCUT2D eigenvalue weighted by Gasteiger charge is 2.11. The van der Waals surface area contributed by atoms with Crippen molar-refractivity contribution >= 4 is 22.5 Å². The zero-order chi connectivity index (χ0) is 13.9. The van der Waals surface area contributed by atoms with Crippen molar-refractivity contribution in [2.45, 2.75) is 13.5 Å². The van der Waals surface area contributed by atoms with Crippen LogP contribution >= 0.6 is 0 Å². The van der Waals surface area contributed by atoms with Gasteiger partial charge in [0.05, 0.1) is 6.54 Å². The van der Waals surface area contributed by atoms with Gasteiger partial charge in [0, 0.05) is 24.0 Å². The van der Waals surface area contributed by atoms with Crippen LogP contribution in [0, 0.1) is 0 Å². The van der Waals surface area contributed by atoms with E-state index in [1.54, 1.807) is 0 Å². The minimum Gasteiger partial charge on any atom is -0.439 e. The Labute approximate surface area is 117 Å². The maximum atomic E-state index is 5.77. The molecule has 0 unspecified atom stereocenters. The van der Waals surface area contributed by atoms with Crippen molar-refractivity contribution in [1.29, 1.82) is 0 Å². The van der Waals surface area contributed by atoms with E-state index in [9.17, 15) is 0 Å². The number of nitrogens with zero attached hydrogens (tertiary/aromatic N) is 2. The largest absolute Gasteiger partial charge is 0.439 e. The van der Waals surface area contributed by atoms with Gasteiger partial charge in [-0.3, -0.25) is 0 Å². The summed E-state index contributed by atoms with van der Waals surface area (Å²) < 4.78 is 5.77. The zero-order valence-corrected chi connectivity index (χ0v) is 11.4. The smallest absolute Gasteiger partial charge is 0.215 e. The molecule has 3 rings (SSSR count). The maximum absolute atomic E-state index is 5.77. The van der Waals surface area contributed by atoms with Gasteiger partial charge in [-0.25, -0.2) is 4.98 Å². The second kappa shape index (κ2) is 5.25. The van der Waals surface area contributed by atoms with Crippen molar-refractivity contribution in [2.75, 3.05) is 17.2 Å². The molecule has 0 aliphatic carbocycles. The van der Waals surface area contributed by atoms with Crippen molar-refractivity contribution in [2.24, 2.45) is 0 Å². The number of fused-ring (bicyclic) bond motifs is 1. The van der Waals surface area contributed by atoms with E-state index in [-0.39, 0.29) is 0 Å². The van der Waals surface area contributed by atoms with Gasteiger partial charge >= 0.3 is 0 Å². The van der Waals surface area contributed by atoms with Gasteiger partial charge in [0.1, 0.15) is 5.52 Å². The van der Waals surface area contributed by atoms with Crippen LogP contribution in [0.4, 0.5) is 11.4 Å². The van der Waals surface area contributed by atoms with Crippen molar-refractivity contribution in [3.8, 4) is 0 Å². The summed E-state index contributed by atoms with van der Waals surface area (Å²) in [5.74, 6) is 0.705. The first kappa shape index (κ1) is 12.5. The molecule has 102 valence electrons. The standard InChI is InChI=1S/C16H17N3O/c1-2-19(13-6-4-3-5-7-13)11-16-18-14-9-8-12(17)10-15(14)20-16/h3-10H,2,11,17H2,1H3. The molecule has 2 N–H and O–H groups in total. The van der Waals surface area contributed by atoms with Gasteiger partial charge < -0.3 is 15.1 Å². The predicted octanol–water partition coefficient (Wildman–Crippen LogP) is 3.44. The Morgan fingerprint density at radius 3 is 2.70 bits per heavy atom. The molecule has 0 aliphatic rings. The summed E-state index contributed by atoms with van der Waals surface area (Å²) in [4.78, 5) is 6.72. The Morgan fingerprint density at radius 1 is 1.15 bits per heavy atom. The molecular weight excluding hydrogens is 250 g/mol. The fraction of sp³-hybridized carbons (Fsp3) is 0.188. The van der Waals surface area contributed by atoms with E-state index in [4.69, 9.17) is 10.2 Å². The average molecular weight is 267 g/mol. The first-order valence-corrected chi connectivity index (χ1v) is 6.71. The first-order chi connectivity index (χ1) is 9.76. The Morgan fingerprint density at radius 2 is 1.95 bits per heavy atom. The van der Waals surface area contributed by atoms with E-state index >= 15 is 0 Å². The van der Waals surface area contributed by atoms with E-state index in [0.29, 0.717) is 18.1 Å². The molecule has 1 heterocycles. The molecule has 0 atom stereocenters. The van der Waals surface area contributed by atoms with Gasteiger partial charge in [-0.15, -0.1) is 0 Å². The van der Waals surface area contributed by atoms with E-state index in [1.165, 1.54) is 0 Å². The Hall–Kier alpha value is -2.49. The molecule has 3 aromatic rings. The number of hydrogen-bond donors (Lipinski definition) is 1. The summed E-state index contributed by atoms with van der Waals surface area (Å²) in [6.07, 6.45) is 0. The highest BCUT2D eigenvalue weighted by atomic mass is 16.3. The fourth-order valence-corrected chi connectivity index (χ4v) is 2.24. The third kappa shape index (κ3) is 2.45. The van der Waals surface area contributed by atoms with Gasteiger partial charge in [-0.2, -0.15) is 0 Å². The van der Waals surface area contributed by atoms with E-state index in [0.717, 1.165) is 23.3 Å². The van der Waals surface area contributed by atoms with Crippen molar-refractivity contribution in [1.82, 2.24) is 4.98 Å². The van der Waals surface area contributed by atoms with Crippen molar-refractivity contribution < 1.29 is 4.42 Å². The van der Waals surface area contributed by atoms with E-state index in [1.807, 2.05) is 36.4 Å². The summed E-state index contributed by atoms with van der Waals surface area (Å²) in [7, 11) is 0. The average Bonchev–Trinajstić information content (AvgIpc) is 2.87. The topological polar surface area (TPSA) is 55.3 Å². The molecule has 2 aromatic carbocycles. The number of nitrogens with two attached hydrogens (primary N) is 1. The number of aromatic nitrogens is 1. The monoisotopic (exact) mass is 267 g/mol. The van der Waals surface area contributed by atoms with Gasteiger partial charge in [0.2, 0.25) is 5.89 Å². The summed E-state index contributed by atoms with van der Waals surface area (Å²) in [5, 5.41) is 0. The van der Waals surface area contributed by atoms with Gasteiger partial charge in [-0.1, -0.05) is 18.2 Å². The molecule has 20 heavy (non-hydrogen) atoms. The molecule has 0 radical (unpaired) electrons. The number of nitrogen functional groups attached to an aromatic ring is 1. The second-order valence-corrected chi connectivity index (χ2v) is 4.68. The quantitative estimate of drug-likeness (QED) is 0.736. The lowest BCUT2D eigenvalue weighted by atomic mass is 10.3. The van der Waals surface area contributed by atoms with Crippen LogP contribution in [0.15, 0.2) is 52.9 Å². The van der Waals surface area contributed by atoms with Crippen LogP contribution in [0.3, 0.4) is 0 Å². The lowest BCUT2D eigenvalue weighted by Crippen LogP contribution is -2.21. The SMILES string of the molecule is CCN(Cc1nc2ccc(N)cc2o1)c1ccccc1. The number of hydrogen-bond acceptors (Lipinski definition) is 4. The van der Waals surface area contributed by atoms with E-state index in [2.05, 4.69) is 28.9 Å². The number of benzene rings is 2. The van der Waals surface area contributed by atoms with Crippen LogP contribution in [-0.4, -0.2) is 11.5 Å². The normalized spacial score (nSPS) is 10.8. The zero-order valence-electron chi connectivity index (χ0n) is 11.4. The Bertz CT molecular complexity index is 706. The van der Waals surface area contributed by atoms with Gasteiger partial charge in [0.15, 0.2) is 5.58 Å². The molecule has 4 nitrogen and oxygen atoms in total. The lowest BCUT2D eigenvalue weighted by Gasteiger charge is -2.21. The molecule has 0 amide bonds. The van der Waals surface area contributed by atoms with Gasteiger partial charge in [-0.05, 0) is 31.2 Å². The summed E-state index contributed by atoms with van der Waals surface area (Å²) in [6.45, 7) is 3.66. The predicted molar refractivity (Wildman–Crippen MR) is 81.6 cm³/mol. The summed E-state index contributed by atoms with van der Waals surface area (Å²) in [6, 6.07) is 15.8. The fourth-order valence-electron chi connectivity index (χ4n) is 2.24. The summed E-state index contributed by atoms with van der Waals surface area (Å²) in [5.41, 5.74) is 9.19. The minimum atomic E-state index is 0.648. The Kier molecular flexibility index (Phi) is 3.29.